The van der Waals surface area contributed by atoms with E-state index in [0.29, 0.717) is 35.4 Å². The number of methoxy groups -OCH3 is 3. The lowest BCUT2D eigenvalue weighted by Gasteiger charge is -2.21. The van der Waals surface area contributed by atoms with Gasteiger partial charge in [0.25, 0.3) is 5.91 Å². The molecule has 1 saturated carbocycles. The third kappa shape index (κ3) is 5.80. The van der Waals surface area contributed by atoms with Gasteiger partial charge in [0.05, 0.1) is 21.3 Å². The summed E-state index contributed by atoms with van der Waals surface area (Å²) in [7, 11) is 4.62. The second-order valence-corrected chi connectivity index (χ2v) is 6.67. The van der Waals surface area contributed by atoms with Gasteiger partial charge in [-0.3, -0.25) is 4.79 Å². The first-order valence-corrected chi connectivity index (χ1v) is 9.51. The van der Waals surface area contributed by atoms with E-state index in [1.807, 2.05) is 0 Å². The van der Waals surface area contributed by atoms with Gasteiger partial charge in [0.2, 0.25) is 5.75 Å². The molecule has 0 spiro atoms. The molecule has 146 valence electrons. The Kier molecular flexibility index (Phi) is 8.54. The van der Waals surface area contributed by atoms with Crippen molar-refractivity contribution in [3.05, 3.63) is 17.7 Å². The molecule has 26 heavy (non-hydrogen) atoms. The molecule has 0 aliphatic heterocycles. The Hall–Kier alpha value is -1.95. The van der Waals surface area contributed by atoms with Gasteiger partial charge in [-0.1, -0.05) is 32.1 Å². The van der Waals surface area contributed by atoms with Crippen LogP contribution in [0, 0.1) is 0 Å². The van der Waals surface area contributed by atoms with E-state index in [1.165, 1.54) is 59.2 Å². The lowest BCUT2D eigenvalue weighted by atomic mass is 9.97. The van der Waals surface area contributed by atoms with Crippen LogP contribution in [-0.2, 0) is 0 Å². The third-order valence-corrected chi connectivity index (χ3v) is 4.88. The molecule has 6 heteroatoms. The highest BCUT2D eigenvalue weighted by molar-refractivity contribution is 5.95. The topological polar surface area (TPSA) is 68.8 Å². The van der Waals surface area contributed by atoms with Crippen molar-refractivity contribution < 1.29 is 19.0 Å². The standard InChI is InChI=1S/C20H32N2O4/c1-24-17-13-15(14-18(25-2)19(17)26-3)20(23)22-12-11-21-16-9-7-5-4-6-8-10-16/h13-14,16,21H,4-12H2,1-3H3,(H,22,23). The van der Waals surface area contributed by atoms with Crippen LogP contribution in [0.4, 0.5) is 0 Å². The van der Waals surface area contributed by atoms with Crippen molar-refractivity contribution >= 4 is 5.91 Å². The highest BCUT2D eigenvalue weighted by Crippen LogP contribution is 2.38. The second-order valence-electron chi connectivity index (χ2n) is 6.67. The summed E-state index contributed by atoms with van der Waals surface area (Å²) in [4.78, 5) is 12.4. The fourth-order valence-corrected chi connectivity index (χ4v) is 3.43. The van der Waals surface area contributed by atoms with E-state index in [1.54, 1.807) is 19.2 Å². The van der Waals surface area contributed by atoms with E-state index in [0.717, 1.165) is 6.54 Å². The summed E-state index contributed by atoms with van der Waals surface area (Å²) in [6, 6.07) is 3.91. The molecule has 0 unspecified atom stereocenters. The minimum atomic E-state index is -0.149. The van der Waals surface area contributed by atoms with Gasteiger partial charge in [-0.05, 0) is 25.0 Å². The van der Waals surface area contributed by atoms with Gasteiger partial charge in [-0.2, -0.15) is 0 Å². The molecular formula is C20H32N2O4. The molecule has 0 aromatic heterocycles. The van der Waals surface area contributed by atoms with Gasteiger partial charge < -0.3 is 24.8 Å². The lowest BCUT2D eigenvalue weighted by molar-refractivity contribution is 0.0952. The molecule has 1 aliphatic rings. The molecular weight excluding hydrogens is 332 g/mol. The number of carbonyl (C=O) groups is 1. The summed E-state index contributed by atoms with van der Waals surface area (Å²) in [6.07, 6.45) is 9.14. The van der Waals surface area contributed by atoms with Crippen molar-refractivity contribution in [2.45, 2.75) is 51.0 Å². The number of hydrogen-bond acceptors (Lipinski definition) is 5. The molecule has 2 rings (SSSR count). The Balaban J connectivity index is 1.85. The normalized spacial score (nSPS) is 15.7. The number of amides is 1. The monoisotopic (exact) mass is 364 g/mol. The third-order valence-electron chi connectivity index (χ3n) is 4.88. The average molecular weight is 364 g/mol. The predicted molar refractivity (Wildman–Crippen MR) is 103 cm³/mol. The zero-order chi connectivity index (χ0) is 18.8. The molecule has 1 amide bonds. The van der Waals surface area contributed by atoms with Crippen LogP contribution in [0.2, 0.25) is 0 Å². The van der Waals surface area contributed by atoms with Gasteiger partial charge in [-0.15, -0.1) is 0 Å². The highest BCUT2D eigenvalue weighted by Gasteiger charge is 2.17. The molecule has 1 aromatic carbocycles. The molecule has 2 N–H and O–H groups in total. The van der Waals surface area contributed by atoms with Crippen LogP contribution in [-0.4, -0.2) is 46.4 Å². The van der Waals surface area contributed by atoms with Crippen LogP contribution >= 0.6 is 0 Å². The summed E-state index contributed by atoms with van der Waals surface area (Å²) < 4.78 is 15.9. The van der Waals surface area contributed by atoms with E-state index in [9.17, 15) is 4.79 Å². The van der Waals surface area contributed by atoms with Crippen molar-refractivity contribution in [2.24, 2.45) is 0 Å². The first-order chi connectivity index (χ1) is 12.7. The maximum atomic E-state index is 12.4. The molecule has 1 fully saturated rings. The molecule has 0 saturated heterocycles. The number of benzene rings is 1. The number of carbonyl (C=O) groups excluding carboxylic acids is 1. The SMILES string of the molecule is COc1cc(C(=O)NCCNC2CCCCCCC2)cc(OC)c1OC. The van der Waals surface area contributed by atoms with Gasteiger partial charge in [0.1, 0.15) is 0 Å². The van der Waals surface area contributed by atoms with Crippen LogP contribution in [0.3, 0.4) is 0 Å². The quantitative estimate of drug-likeness (QED) is 0.694. The van der Waals surface area contributed by atoms with E-state index in [4.69, 9.17) is 14.2 Å². The number of nitrogens with one attached hydrogen (secondary N) is 2. The second kappa shape index (κ2) is 10.9. The number of rotatable bonds is 8. The van der Waals surface area contributed by atoms with Crippen LogP contribution in [0.15, 0.2) is 12.1 Å². The van der Waals surface area contributed by atoms with Crippen molar-refractivity contribution in [1.82, 2.24) is 10.6 Å². The van der Waals surface area contributed by atoms with E-state index in [-0.39, 0.29) is 5.91 Å². The maximum Gasteiger partial charge on any atom is 0.251 e. The summed E-state index contributed by atoms with van der Waals surface area (Å²) in [5.41, 5.74) is 0.491. The molecule has 0 heterocycles. The summed E-state index contributed by atoms with van der Waals surface area (Å²) in [6.45, 7) is 1.37. The van der Waals surface area contributed by atoms with Gasteiger partial charge in [0.15, 0.2) is 11.5 Å². The summed E-state index contributed by atoms with van der Waals surface area (Å²) >= 11 is 0. The molecule has 1 aliphatic carbocycles. The van der Waals surface area contributed by atoms with Crippen molar-refractivity contribution in [2.75, 3.05) is 34.4 Å². The minimum absolute atomic E-state index is 0.149. The lowest BCUT2D eigenvalue weighted by Crippen LogP contribution is -2.37. The molecule has 0 bridgehead atoms. The van der Waals surface area contributed by atoms with Gasteiger partial charge >= 0.3 is 0 Å². The molecule has 6 nitrogen and oxygen atoms in total. The number of hydrogen-bond donors (Lipinski definition) is 2. The zero-order valence-electron chi connectivity index (χ0n) is 16.2. The number of ether oxygens (including phenoxy) is 3. The minimum Gasteiger partial charge on any atom is -0.493 e. The predicted octanol–water partition coefficient (Wildman–Crippen LogP) is 3.14. The van der Waals surface area contributed by atoms with Gasteiger partial charge in [-0.25, -0.2) is 0 Å². The van der Waals surface area contributed by atoms with Crippen molar-refractivity contribution in [1.29, 1.82) is 0 Å². The van der Waals surface area contributed by atoms with Crippen LogP contribution < -0.4 is 24.8 Å². The Morgan fingerprint density at radius 2 is 1.50 bits per heavy atom. The first-order valence-electron chi connectivity index (χ1n) is 9.51. The first kappa shape index (κ1) is 20.4. The summed E-state index contributed by atoms with van der Waals surface area (Å²) in [5.74, 6) is 1.29. The van der Waals surface area contributed by atoms with Crippen molar-refractivity contribution in [3.63, 3.8) is 0 Å². The van der Waals surface area contributed by atoms with Crippen LogP contribution in [0.5, 0.6) is 17.2 Å². The summed E-state index contributed by atoms with van der Waals surface area (Å²) in [5, 5.41) is 6.53. The van der Waals surface area contributed by atoms with Crippen LogP contribution in [0.1, 0.15) is 55.3 Å². The molecule has 0 atom stereocenters. The Morgan fingerprint density at radius 3 is 2.04 bits per heavy atom. The fraction of sp³-hybridized carbons (Fsp3) is 0.650. The van der Waals surface area contributed by atoms with Crippen molar-refractivity contribution in [3.8, 4) is 17.2 Å². The molecule has 0 radical (unpaired) electrons. The average Bonchev–Trinajstić information content (AvgIpc) is 2.64. The smallest absolute Gasteiger partial charge is 0.251 e. The van der Waals surface area contributed by atoms with Crippen LogP contribution in [0.25, 0.3) is 0 Å². The Labute approximate surface area is 156 Å². The zero-order valence-corrected chi connectivity index (χ0v) is 16.2. The van der Waals surface area contributed by atoms with E-state index < -0.39 is 0 Å². The maximum absolute atomic E-state index is 12.4. The van der Waals surface area contributed by atoms with Gasteiger partial charge in [0, 0.05) is 24.7 Å². The van der Waals surface area contributed by atoms with E-state index >= 15 is 0 Å². The van der Waals surface area contributed by atoms with E-state index in [2.05, 4.69) is 10.6 Å². The molecule has 1 aromatic rings. The largest absolute Gasteiger partial charge is 0.493 e. The Morgan fingerprint density at radius 1 is 0.923 bits per heavy atom. The fourth-order valence-electron chi connectivity index (χ4n) is 3.43. The Bertz CT molecular complexity index is 544. The highest BCUT2D eigenvalue weighted by atomic mass is 16.5.